The van der Waals surface area contributed by atoms with Crippen molar-refractivity contribution < 1.29 is 13.7 Å². The zero-order valence-electron chi connectivity index (χ0n) is 10.1. The van der Waals surface area contributed by atoms with Crippen LogP contribution in [0.3, 0.4) is 0 Å². The number of carbonyl (C=O) groups is 1. The van der Waals surface area contributed by atoms with Crippen LogP contribution in [0.2, 0.25) is 10.0 Å². The zero-order valence-corrected chi connectivity index (χ0v) is 12.4. The van der Waals surface area contributed by atoms with E-state index in [1.54, 1.807) is 32.0 Å². The molecule has 0 aliphatic carbocycles. The van der Waals surface area contributed by atoms with Gasteiger partial charge in [0.25, 0.3) is 0 Å². The van der Waals surface area contributed by atoms with E-state index in [0.29, 0.717) is 21.5 Å². The van der Waals surface area contributed by atoms with E-state index >= 15 is 0 Å². The van der Waals surface area contributed by atoms with Crippen molar-refractivity contribution in [3.05, 3.63) is 28.2 Å². The van der Waals surface area contributed by atoms with Crippen molar-refractivity contribution in [2.45, 2.75) is 30.4 Å². The molecule has 100 valence electrons. The Morgan fingerprint density at radius 1 is 1.44 bits per heavy atom. The van der Waals surface area contributed by atoms with E-state index in [9.17, 15) is 9.00 Å². The number of hydrogen-bond acceptors (Lipinski definition) is 3. The van der Waals surface area contributed by atoms with Gasteiger partial charge >= 0.3 is 5.97 Å². The number of carbonyl (C=O) groups excluding carboxylic acids is 1. The highest BCUT2D eigenvalue weighted by Crippen LogP contribution is 2.26. The van der Waals surface area contributed by atoms with Gasteiger partial charge in [-0.3, -0.25) is 9.00 Å². The molecule has 18 heavy (non-hydrogen) atoms. The van der Waals surface area contributed by atoms with E-state index in [1.165, 1.54) is 0 Å². The van der Waals surface area contributed by atoms with Crippen LogP contribution in [-0.2, 0) is 20.3 Å². The maximum absolute atomic E-state index is 12.2. The van der Waals surface area contributed by atoms with E-state index in [4.69, 9.17) is 27.9 Å². The second kappa shape index (κ2) is 7.12. The molecular weight excluding hydrogens is 295 g/mol. The molecule has 0 aromatic heterocycles. The van der Waals surface area contributed by atoms with E-state index in [-0.39, 0.29) is 17.6 Å². The molecule has 0 saturated carbocycles. The van der Waals surface area contributed by atoms with Crippen LogP contribution in [0.5, 0.6) is 0 Å². The van der Waals surface area contributed by atoms with Gasteiger partial charge in [-0.05, 0) is 32.0 Å². The molecule has 0 amide bonds. The SMILES string of the molecule is CCOC(=O)CC(C)S(=O)c1cc(Cl)ccc1Cl. The number of halogens is 2. The molecule has 0 saturated heterocycles. The molecule has 0 N–H and O–H groups in total. The Hall–Kier alpha value is -0.580. The van der Waals surface area contributed by atoms with Gasteiger partial charge in [0.15, 0.2) is 0 Å². The lowest BCUT2D eigenvalue weighted by Crippen LogP contribution is -2.18. The highest BCUT2D eigenvalue weighted by molar-refractivity contribution is 7.85. The summed E-state index contributed by atoms with van der Waals surface area (Å²) in [6.07, 6.45) is 0.0866. The summed E-state index contributed by atoms with van der Waals surface area (Å²) in [6.45, 7) is 3.76. The van der Waals surface area contributed by atoms with Crippen LogP contribution < -0.4 is 0 Å². The van der Waals surface area contributed by atoms with Crippen molar-refractivity contribution in [3.8, 4) is 0 Å². The summed E-state index contributed by atoms with van der Waals surface area (Å²) in [4.78, 5) is 11.8. The Labute approximate surface area is 119 Å². The topological polar surface area (TPSA) is 43.4 Å². The second-order valence-corrected chi connectivity index (χ2v) is 6.37. The maximum Gasteiger partial charge on any atom is 0.306 e. The number of benzene rings is 1. The Balaban J connectivity index is 2.80. The first-order valence-electron chi connectivity index (χ1n) is 5.47. The van der Waals surface area contributed by atoms with E-state index in [1.807, 2.05) is 0 Å². The molecule has 0 radical (unpaired) electrons. The summed E-state index contributed by atoms with van der Waals surface area (Å²) >= 11 is 11.8. The van der Waals surface area contributed by atoms with Gasteiger partial charge in [0.2, 0.25) is 0 Å². The molecule has 0 aliphatic heterocycles. The molecule has 1 aromatic rings. The minimum atomic E-state index is -1.39. The molecule has 0 spiro atoms. The number of esters is 1. The molecule has 1 aromatic carbocycles. The number of hydrogen-bond donors (Lipinski definition) is 0. The molecule has 0 bridgehead atoms. The van der Waals surface area contributed by atoms with Gasteiger partial charge in [-0.15, -0.1) is 0 Å². The second-order valence-electron chi connectivity index (χ2n) is 3.69. The van der Waals surface area contributed by atoms with E-state index in [2.05, 4.69) is 0 Å². The lowest BCUT2D eigenvalue weighted by Gasteiger charge is -2.12. The third-order valence-electron chi connectivity index (χ3n) is 2.23. The Kier molecular flexibility index (Phi) is 6.12. The molecule has 2 unspecified atom stereocenters. The molecule has 0 aliphatic rings. The van der Waals surface area contributed by atoms with Gasteiger partial charge in [-0.25, -0.2) is 0 Å². The van der Waals surface area contributed by atoms with Gasteiger partial charge < -0.3 is 4.74 Å². The highest BCUT2D eigenvalue weighted by atomic mass is 35.5. The summed E-state index contributed by atoms with van der Waals surface area (Å²) in [5.74, 6) is -0.364. The smallest absolute Gasteiger partial charge is 0.306 e. The minimum absolute atomic E-state index is 0.0866. The van der Waals surface area contributed by atoms with Crippen molar-refractivity contribution in [1.82, 2.24) is 0 Å². The van der Waals surface area contributed by atoms with E-state index in [0.717, 1.165) is 0 Å². The van der Waals surface area contributed by atoms with Crippen molar-refractivity contribution in [2.75, 3.05) is 6.61 Å². The van der Waals surface area contributed by atoms with Crippen molar-refractivity contribution in [3.63, 3.8) is 0 Å². The van der Waals surface area contributed by atoms with Crippen molar-refractivity contribution in [2.24, 2.45) is 0 Å². The van der Waals surface area contributed by atoms with Gasteiger partial charge in [0.05, 0.1) is 33.7 Å². The van der Waals surface area contributed by atoms with E-state index < -0.39 is 10.8 Å². The molecule has 0 heterocycles. The Morgan fingerprint density at radius 2 is 2.11 bits per heavy atom. The largest absolute Gasteiger partial charge is 0.466 e. The standard InChI is InChI=1S/C12H14Cl2O3S/c1-3-17-12(15)6-8(2)18(16)11-7-9(13)4-5-10(11)14/h4-5,7-8H,3,6H2,1-2H3. The molecule has 3 nitrogen and oxygen atoms in total. The fourth-order valence-electron chi connectivity index (χ4n) is 1.38. The minimum Gasteiger partial charge on any atom is -0.466 e. The fourth-order valence-corrected chi connectivity index (χ4v) is 3.19. The van der Waals surface area contributed by atoms with Crippen LogP contribution in [0, 0.1) is 0 Å². The predicted molar refractivity (Wildman–Crippen MR) is 73.6 cm³/mol. The van der Waals surface area contributed by atoms with Gasteiger partial charge in [-0.2, -0.15) is 0 Å². The summed E-state index contributed by atoms with van der Waals surface area (Å²) in [5.41, 5.74) is 0. The van der Waals surface area contributed by atoms with Crippen molar-refractivity contribution in [1.29, 1.82) is 0 Å². The average molecular weight is 309 g/mol. The third-order valence-corrected chi connectivity index (χ3v) is 4.58. The predicted octanol–water partition coefficient (Wildman–Crippen LogP) is 3.44. The zero-order chi connectivity index (χ0) is 13.7. The normalized spacial score (nSPS) is 14.0. The fraction of sp³-hybridized carbons (Fsp3) is 0.417. The number of ether oxygens (including phenoxy) is 1. The van der Waals surface area contributed by atoms with Crippen molar-refractivity contribution >= 4 is 40.0 Å². The summed E-state index contributed by atoms with van der Waals surface area (Å²) in [7, 11) is -1.39. The first kappa shape index (κ1) is 15.5. The number of rotatable bonds is 5. The van der Waals surface area contributed by atoms with Gasteiger partial charge in [-0.1, -0.05) is 23.2 Å². The van der Waals surface area contributed by atoms with Crippen LogP contribution in [0.25, 0.3) is 0 Å². The summed E-state index contributed by atoms with van der Waals surface area (Å²) in [5, 5.41) is 0.472. The Bertz CT molecular complexity index is 463. The van der Waals surface area contributed by atoms with Crippen LogP contribution in [0.15, 0.2) is 23.1 Å². The molecule has 2 atom stereocenters. The first-order chi connectivity index (χ1) is 8.45. The highest BCUT2D eigenvalue weighted by Gasteiger charge is 2.20. The van der Waals surface area contributed by atoms with Gasteiger partial charge in [0, 0.05) is 10.3 Å². The summed E-state index contributed by atoms with van der Waals surface area (Å²) in [6, 6.07) is 4.77. The monoisotopic (exact) mass is 308 g/mol. The van der Waals surface area contributed by atoms with Crippen LogP contribution >= 0.6 is 23.2 Å². The first-order valence-corrected chi connectivity index (χ1v) is 7.43. The average Bonchev–Trinajstić information content (AvgIpc) is 2.31. The lowest BCUT2D eigenvalue weighted by atomic mass is 10.3. The Morgan fingerprint density at radius 3 is 2.72 bits per heavy atom. The third kappa shape index (κ3) is 4.26. The van der Waals surface area contributed by atoms with Gasteiger partial charge in [0.1, 0.15) is 0 Å². The molecule has 1 rings (SSSR count). The maximum atomic E-state index is 12.2. The molecular formula is C12H14Cl2O3S. The molecule has 0 fully saturated rings. The van der Waals surface area contributed by atoms with Crippen LogP contribution in [0.4, 0.5) is 0 Å². The molecule has 6 heteroatoms. The quantitative estimate of drug-likeness (QED) is 0.783. The summed E-state index contributed by atoms with van der Waals surface area (Å²) < 4.78 is 17.0. The lowest BCUT2D eigenvalue weighted by molar-refractivity contribution is -0.143. The van der Waals surface area contributed by atoms with Crippen LogP contribution in [0.1, 0.15) is 20.3 Å². The van der Waals surface area contributed by atoms with Crippen LogP contribution in [-0.4, -0.2) is 22.0 Å².